The normalized spacial score (nSPS) is 18.0. The molecule has 0 bridgehead atoms. The van der Waals surface area contributed by atoms with Gasteiger partial charge in [-0.2, -0.15) is 0 Å². The van der Waals surface area contributed by atoms with Crippen LogP contribution in [0.4, 0.5) is 0 Å². The summed E-state index contributed by atoms with van der Waals surface area (Å²) in [5.74, 6) is 1.83. The maximum Gasteiger partial charge on any atom is -0.0420 e. The van der Waals surface area contributed by atoms with Crippen LogP contribution in [0.25, 0.3) is 0 Å². The van der Waals surface area contributed by atoms with Gasteiger partial charge in [0.15, 0.2) is 0 Å². The maximum atomic E-state index is 2.33. The molecule has 0 heteroatoms. The predicted molar refractivity (Wildman–Crippen MR) is 38.9 cm³/mol. The first-order valence-electron chi connectivity index (χ1n) is 3.72. The minimum Gasteiger partial charge on any atom is -0.0651 e. The zero-order valence-electron chi connectivity index (χ0n) is 6.57. The van der Waals surface area contributed by atoms with Crippen molar-refractivity contribution >= 4 is 0 Å². The number of hydrogen-bond donors (Lipinski definition) is 0. The zero-order valence-corrected chi connectivity index (χ0v) is 6.57. The van der Waals surface area contributed by atoms with Gasteiger partial charge in [-0.05, 0) is 11.8 Å². The summed E-state index contributed by atoms with van der Waals surface area (Å²) in [6.07, 6.45) is 2.66. The first-order valence-corrected chi connectivity index (χ1v) is 3.72. The van der Waals surface area contributed by atoms with E-state index >= 15 is 0 Å². The Hall–Kier alpha value is 0. The van der Waals surface area contributed by atoms with E-state index in [1.54, 1.807) is 0 Å². The van der Waals surface area contributed by atoms with Gasteiger partial charge in [0.1, 0.15) is 0 Å². The third-order valence-electron chi connectivity index (χ3n) is 2.26. The fraction of sp³-hybridized carbons (Fsp3) is 1.00. The van der Waals surface area contributed by atoms with E-state index in [1.807, 2.05) is 0 Å². The summed E-state index contributed by atoms with van der Waals surface area (Å²) in [4.78, 5) is 0. The van der Waals surface area contributed by atoms with Gasteiger partial charge in [0.25, 0.3) is 0 Å². The highest BCUT2D eigenvalue weighted by Gasteiger charge is 2.05. The van der Waals surface area contributed by atoms with Crippen molar-refractivity contribution in [3.05, 3.63) is 0 Å². The summed E-state index contributed by atoms with van der Waals surface area (Å²) in [5, 5.41) is 0. The van der Waals surface area contributed by atoms with E-state index in [9.17, 15) is 0 Å². The van der Waals surface area contributed by atoms with Gasteiger partial charge in [0.05, 0.1) is 0 Å². The Morgan fingerprint density at radius 3 is 1.25 bits per heavy atom. The first kappa shape index (κ1) is 8.00. The van der Waals surface area contributed by atoms with E-state index in [4.69, 9.17) is 0 Å². The molecule has 0 saturated heterocycles. The SMILES string of the molecule is CCC(C)[C@H](C)CC. The molecule has 0 radical (unpaired) electrons. The molecule has 0 N–H and O–H groups in total. The topological polar surface area (TPSA) is 0 Å². The van der Waals surface area contributed by atoms with Crippen molar-refractivity contribution in [1.82, 2.24) is 0 Å². The second-order valence-corrected chi connectivity index (χ2v) is 2.77. The average Bonchev–Trinajstić information content (AvgIpc) is 1.84. The molecule has 0 aliphatic heterocycles. The van der Waals surface area contributed by atoms with Crippen LogP contribution in [-0.4, -0.2) is 0 Å². The smallest absolute Gasteiger partial charge is 0.0420 e. The lowest BCUT2D eigenvalue weighted by Crippen LogP contribution is -2.04. The van der Waals surface area contributed by atoms with Gasteiger partial charge >= 0.3 is 0 Å². The molecule has 1 unspecified atom stereocenters. The Kier molecular flexibility index (Phi) is 3.94. The molecule has 0 amide bonds. The van der Waals surface area contributed by atoms with Crippen LogP contribution < -0.4 is 0 Å². The third-order valence-corrected chi connectivity index (χ3v) is 2.26. The van der Waals surface area contributed by atoms with Gasteiger partial charge in [-0.25, -0.2) is 0 Å². The molecular formula is C8H18. The van der Waals surface area contributed by atoms with Crippen LogP contribution >= 0.6 is 0 Å². The summed E-state index contributed by atoms with van der Waals surface area (Å²) in [6, 6.07) is 0. The van der Waals surface area contributed by atoms with Crippen molar-refractivity contribution in [2.75, 3.05) is 0 Å². The van der Waals surface area contributed by atoms with E-state index in [0.717, 1.165) is 11.8 Å². The first-order chi connectivity index (χ1) is 3.72. The molecule has 0 nitrogen and oxygen atoms in total. The molecule has 8 heavy (non-hydrogen) atoms. The number of hydrogen-bond acceptors (Lipinski definition) is 0. The van der Waals surface area contributed by atoms with Gasteiger partial charge in [0.2, 0.25) is 0 Å². The summed E-state index contributed by atoms with van der Waals surface area (Å²) in [7, 11) is 0. The quantitative estimate of drug-likeness (QED) is 0.529. The summed E-state index contributed by atoms with van der Waals surface area (Å²) in [6.45, 7) is 9.18. The van der Waals surface area contributed by atoms with Crippen LogP contribution in [0.1, 0.15) is 40.5 Å². The van der Waals surface area contributed by atoms with E-state index in [0.29, 0.717) is 0 Å². The standard InChI is InChI=1S/C8H18/c1-5-7(3)8(4)6-2/h7-8H,5-6H2,1-4H3/t7-,8?/m1/s1. The highest BCUT2D eigenvalue weighted by Crippen LogP contribution is 2.16. The molecule has 0 saturated carbocycles. The monoisotopic (exact) mass is 114 g/mol. The minimum absolute atomic E-state index is 0.917. The average molecular weight is 114 g/mol. The van der Waals surface area contributed by atoms with E-state index in [1.165, 1.54) is 12.8 Å². The van der Waals surface area contributed by atoms with Crippen LogP contribution in [0.2, 0.25) is 0 Å². The van der Waals surface area contributed by atoms with Crippen molar-refractivity contribution in [3.8, 4) is 0 Å². The Bertz CT molecular complexity index is 40.0. The van der Waals surface area contributed by atoms with Crippen LogP contribution in [0.3, 0.4) is 0 Å². The number of rotatable bonds is 3. The summed E-state index contributed by atoms with van der Waals surface area (Å²) < 4.78 is 0. The van der Waals surface area contributed by atoms with Crippen LogP contribution in [0, 0.1) is 11.8 Å². The predicted octanol–water partition coefficient (Wildman–Crippen LogP) is 3.08. The lowest BCUT2D eigenvalue weighted by Gasteiger charge is -2.14. The molecule has 50 valence electrons. The molecule has 0 aromatic heterocycles. The second-order valence-electron chi connectivity index (χ2n) is 2.77. The second kappa shape index (κ2) is 3.94. The van der Waals surface area contributed by atoms with E-state index in [-0.39, 0.29) is 0 Å². The maximum absolute atomic E-state index is 2.33. The van der Waals surface area contributed by atoms with Gasteiger partial charge < -0.3 is 0 Å². The molecule has 0 fully saturated rings. The van der Waals surface area contributed by atoms with Gasteiger partial charge in [-0.15, -0.1) is 0 Å². The Morgan fingerprint density at radius 2 is 1.12 bits per heavy atom. The van der Waals surface area contributed by atoms with Crippen LogP contribution in [0.15, 0.2) is 0 Å². The molecule has 0 aliphatic carbocycles. The van der Waals surface area contributed by atoms with Crippen molar-refractivity contribution in [1.29, 1.82) is 0 Å². The molecule has 0 aromatic carbocycles. The Morgan fingerprint density at radius 1 is 0.875 bits per heavy atom. The van der Waals surface area contributed by atoms with Crippen LogP contribution in [0.5, 0.6) is 0 Å². The third kappa shape index (κ3) is 2.34. The molecular weight excluding hydrogens is 96.1 g/mol. The Balaban J connectivity index is 3.29. The zero-order chi connectivity index (χ0) is 6.57. The molecule has 0 aromatic rings. The fourth-order valence-electron chi connectivity index (χ4n) is 0.805. The molecule has 0 spiro atoms. The van der Waals surface area contributed by atoms with E-state index < -0.39 is 0 Å². The van der Waals surface area contributed by atoms with Gasteiger partial charge in [-0.3, -0.25) is 0 Å². The molecule has 0 heterocycles. The van der Waals surface area contributed by atoms with Crippen molar-refractivity contribution in [2.45, 2.75) is 40.5 Å². The lowest BCUT2D eigenvalue weighted by molar-refractivity contribution is 0.367. The molecule has 0 rings (SSSR count). The highest BCUT2D eigenvalue weighted by atomic mass is 14.1. The van der Waals surface area contributed by atoms with Crippen molar-refractivity contribution in [2.24, 2.45) is 11.8 Å². The van der Waals surface area contributed by atoms with Crippen molar-refractivity contribution in [3.63, 3.8) is 0 Å². The largest absolute Gasteiger partial charge is 0.0651 e. The molecule has 2 atom stereocenters. The van der Waals surface area contributed by atoms with Gasteiger partial charge in [0, 0.05) is 0 Å². The summed E-state index contributed by atoms with van der Waals surface area (Å²) in [5.41, 5.74) is 0. The van der Waals surface area contributed by atoms with Crippen LogP contribution in [-0.2, 0) is 0 Å². The Labute approximate surface area is 53.3 Å². The highest BCUT2D eigenvalue weighted by molar-refractivity contribution is 4.56. The van der Waals surface area contributed by atoms with Gasteiger partial charge in [-0.1, -0.05) is 40.5 Å². The molecule has 0 aliphatic rings. The lowest BCUT2D eigenvalue weighted by atomic mass is 9.92. The fourth-order valence-corrected chi connectivity index (χ4v) is 0.805. The summed E-state index contributed by atoms with van der Waals surface area (Å²) >= 11 is 0. The minimum atomic E-state index is 0.917. The van der Waals surface area contributed by atoms with Crippen molar-refractivity contribution < 1.29 is 0 Å². The van der Waals surface area contributed by atoms with E-state index in [2.05, 4.69) is 27.7 Å².